The lowest BCUT2D eigenvalue weighted by Gasteiger charge is -2.42. The number of aromatic nitrogens is 3. The smallest absolute Gasteiger partial charge is 0.401 e. The molecule has 1 aliphatic carbocycles. The number of aliphatic hydroxyl groups is 1. The first-order valence-corrected chi connectivity index (χ1v) is 25.3. The normalized spacial score (nSPS) is 20.2. The molecular weight excluding hydrogens is 952 g/mol. The zero-order valence-electron chi connectivity index (χ0n) is 41.3. The third-order valence-electron chi connectivity index (χ3n) is 13.6. The summed E-state index contributed by atoms with van der Waals surface area (Å²) >= 11 is 1.58. The number of nitrogens with one attached hydrogen (secondary N) is 3. The number of rotatable bonds is 21. The van der Waals surface area contributed by atoms with Crippen LogP contribution in [0.3, 0.4) is 0 Å². The van der Waals surface area contributed by atoms with Crippen molar-refractivity contribution in [3.63, 3.8) is 0 Å². The highest BCUT2D eigenvalue weighted by Crippen LogP contribution is 2.47. The van der Waals surface area contributed by atoms with Crippen molar-refractivity contribution in [1.82, 2.24) is 35.6 Å². The second-order valence-electron chi connectivity index (χ2n) is 20.0. The first-order valence-electron chi connectivity index (χ1n) is 24.4. The molecule has 4 N–H and O–H groups in total. The molecule has 2 aromatic heterocycles. The number of benzene rings is 3. The molecule has 0 radical (unpaired) electrons. The molecule has 386 valence electrons. The molecule has 15 nitrogen and oxygen atoms in total. The van der Waals surface area contributed by atoms with Crippen molar-refractivity contribution in [2.75, 3.05) is 59.3 Å². The Morgan fingerprint density at radius 2 is 1.60 bits per heavy atom. The highest BCUT2D eigenvalue weighted by molar-refractivity contribution is 7.13. The average Bonchev–Trinajstić information content (AvgIpc) is 3.64. The number of carbonyl (C=O) groups is 3. The van der Waals surface area contributed by atoms with E-state index in [0.29, 0.717) is 12.2 Å². The van der Waals surface area contributed by atoms with E-state index in [1.165, 1.54) is 9.80 Å². The number of halogens is 3. The molecule has 5 atom stereocenters. The monoisotopic (exact) mass is 1020 g/mol. The minimum atomic E-state index is -4.36. The minimum Gasteiger partial charge on any atom is -0.491 e. The van der Waals surface area contributed by atoms with Gasteiger partial charge in [0.05, 0.1) is 79.5 Å². The molecular formula is C53H64F3N7O8S. The van der Waals surface area contributed by atoms with Crippen LogP contribution in [0, 0.1) is 12.3 Å². The number of amides is 3. The number of β-amino-alcohol motifs (C(OH)–C–C–N with tert-alkyl or cyclic N) is 1. The fraction of sp³-hybridized carbons (Fsp3) is 0.491. The van der Waals surface area contributed by atoms with Crippen LogP contribution in [0.1, 0.15) is 80.9 Å². The molecule has 3 amide bonds. The predicted molar refractivity (Wildman–Crippen MR) is 265 cm³/mol. The van der Waals surface area contributed by atoms with E-state index in [0.717, 1.165) is 62.4 Å². The van der Waals surface area contributed by atoms with Crippen LogP contribution in [0.25, 0.3) is 21.6 Å². The van der Waals surface area contributed by atoms with Crippen LogP contribution < -0.4 is 15.4 Å². The molecule has 1 saturated carbocycles. The third-order valence-corrected chi connectivity index (χ3v) is 14.5. The SMILES string of the molecule is Cc1ncsc1-c1ccc(C2(NC(=O)[C@@H]3C[C@@H](O)CN3C(=O)[C@@H](NC(=O)COCCOCCOCCOc3ccc([C@@H]4c5ccc(-c6cn[nH]c6)cc5C[C@@H](C)N4CC(F)(F)F)cc3)C(C)(C)C)CC2)cc1. The van der Waals surface area contributed by atoms with Crippen molar-refractivity contribution < 1.29 is 51.6 Å². The highest BCUT2D eigenvalue weighted by Gasteiger charge is 2.50. The Morgan fingerprint density at radius 1 is 0.917 bits per heavy atom. The summed E-state index contributed by atoms with van der Waals surface area (Å²) < 4.78 is 64.2. The fourth-order valence-corrected chi connectivity index (χ4v) is 10.5. The van der Waals surface area contributed by atoms with Crippen LogP contribution in [0.2, 0.25) is 0 Å². The highest BCUT2D eigenvalue weighted by atomic mass is 32.1. The Hall–Kier alpha value is -5.70. The number of aromatic amines is 1. The van der Waals surface area contributed by atoms with E-state index in [9.17, 15) is 32.7 Å². The maximum atomic E-state index is 14.1. The number of fused-ring (bicyclic) bond motifs is 1. The molecule has 0 spiro atoms. The Kier molecular flexibility index (Phi) is 16.5. The molecule has 3 aliphatic rings. The molecule has 0 unspecified atom stereocenters. The zero-order valence-corrected chi connectivity index (χ0v) is 42.1. The van der Waals surface area contributed by atoms with Gasteiger partial charge in [-0.2, -0.15) is 18.3 Å². The van der Waals surface area contributed by atoms with Gasteiger partial charge in [-0.25, -0.2) is 4.98 Å². The van der Waals surface area contributed by atoms with Crippen LogP contribution in [0.5, 0.6) is 5.75 Å². The number of hydrogen-bond donors (Lipinski definition) is 4. The first kappa shape index (κ1) is 52.6. The Labute approximate surface area is 421 Å². The molecule has 2 aliphatic heterocycles. The maximum Gasteiger partial charge on any atom is 0.401 e. The van der Waals surface area contributed by atoms with E-state index in [1.54, 1.807) is 35.9 Å². The van der Waals surface area contributed by atoms with E-state index in [4.69, 9.17) is 18.9 Å². The van der Waals surface area contributed by atoms with Gasteiger partial charge in [-0.05, 0) is 84.0 Å². The maximum absolute atomic E-state index is 14.1. The number of likely N-dealkylation sites (tertiary alicyclic amines) is 1. The molecule has 2 fully saturated rings. The molecule has 4 heterocycles. The number of thiazole rings is 1. The van der Waals surface area contributed by atoms with Crippen LogP contribution >= 0.6 is 11.3 Å². The van der Waals surface area contributed by atoms with Crippen molar-refractivity contribution >= 4 is 29.1 Å². The molecule has 1 saturated heterocycles. The molecule has 8 rings (SSSR count). The summed E-state index contributed by atoms with van der Waals surface area (Å²) in [6.07, 6.45) is 0.342. The van der Waals surface area contributed by atoms with Gasteiger partial charge in [0.15, 0.2) is 0 Å². The van der Waals surface area contributed by atoms with Gasteiger partial charge in [0, 0.05) is 30.8 Å². The molecule has 3 aromatic carbocycles. The van der Waals surface area contributed by atoms with Crippen LogP contribution in [0.4, 0.5) is 13.2 Å². The fourth-order valence-electron chi connectivity index (χ4n) is 9.67. The van der Waals surface area contributed by atoms with Gasteiger partial charge in [-0.1, -0.05) is 75.4 Å². The van der Waals surface area contributed by atoms with Crippen LogP contribution in [-0.2, 0) is 40.6 Å². The van der Waals surface area contributed by atoms with Gasteiger partial charge in [0.2, 0.25) is 17.7 Å². The molecule has 72 heavy (non-hydrogen) atoms. The number of ether oxygens (including phenoxy) is 4. The van der Waals surface area contributed by atoms with Crippen LogP contribution in [-0.4, -0.2) is 138 Å². The van der Waals surface area contributed by atoms with Crippen molar-refractivity contribution in [2.45, 2.75) is 102 Å². The third kappa shape index (κ3) is 12.9. The lowest BCUT2D eigenvalue weighted by atomic mass is 9.83. The van der Waals surface area contributed by atoms with E-state index in [2.05, 4.69) is 25.8 Å². The number of aliphatic hydroxyl groups excluding tert-OH is 1. The first-order chi connectivity index (χ1) is 34.4. The summed E-state index contributed by atoms with van der Waals surface area (Å²) in [4.78, 5) is 49.4. The Balaban J connectivity index is 0.733. The summed E-state index contributed by atoms with van der Waals surface area (Å²) in [7, 11) is 0. The van der Waals surface area contributed by atoms with E-state index < -0.39 is 59.7 Å². The largest absolute Gasteiger partial charge is 0.491 e. The summed E-state index contributed by atoms with van der Waals surface area (Å²) in [6, 6.07) is 18.3. The number of alkyl halides is 3. The number of aryl methyl sites for hydroxylation is 1. The molecule has 5 aromatic rings. The van der Waals surface area contributed by atoms with Crippen molar-refractivity contribution in [1.29, 1.82) is 0 Å². The Bertz CT molecular complexity index is 2620. The number of H-pyrrole nitrogens is 1. The Morgan fingerprint density at radius 3 is 2.22 bits per heavy atom. The second kappa shape index (κ2) is 22.6. The van der Waals surface area contributed by atoms with Crippen molar-refractivity contribution in [2.24, 2.45) is 5.41 Å². The topological polar surface area (TPSA) is 180 Å². The van der Waals surface area contributed by atoms with Crippen molar-refractivity contribution in [3.8, 4) is 27.3 Å². The molecule has 19 heteroatoms. The summed E-state index contributed by atoms with van der Waals surface area (Å²) in [5.74, 6) is -0.741. The van der Waals surface area contributed by atoms with E-state index >= 15 is 0 Å². The minimum absolute atomic E-state index is 0.0298. The summed E-state index contributed by atoms with van der Waals surface area (Å²) in [5.41, 5.74) is 7.98. The van der Waals surface area contributed by atoms with E-state index in [1.807, 2.05) is 94.7 Å². The van der Waals surface area contributed by atoms with Gasteiger partial charge in [-0.3, -0.25) is 24.4 Å². The second-order valence-corrected chi connectivity index (χ2v) is 20.9. The van der Waals surface area contributed by atoms with E-state index in [-0.39, 0.29) is 71.2 Å². The average molecular weight is 1020 g/mol. The zero-order chi connectivity index (χ0) is 51.2. The molecule has 0 bridgehead atoms. The summed E-state index contributed by atoms with van der Waals surface area (Å²) in [5, 5.41) is 23.5. The standard InChI is InChI=1S/C53H64F3N7O8S/c1-33-24-38-25-37(39-27-58-59-28-39)10-15-43(38)46(63(33)31-53(54,55)56)35-8-13-42(14-9-35)71-23-22-69-19-18-68-20-21-70-30-45(65)60-48(51(3,4)5)50(67)62-29-41(64)26-44(62)49(66)61-52(16-17-52)40-11-6-36(7-12-40)47-34(2)57-32-72-47/h6-15,25,27-28,32-33,41,44,46,48,64H,16-24,26,29-31H2,1-5H3,(H,58,59)(H,60,65)(H,61,66)/t33-,41-,44+,46-,48-/m1/s1. The number of nitrogens with zero attached hydrogens (tertiary/aromatic N) is 4. The lowest BCUT2D eigenvalue weighted by molar-refractivity contribution is -0.155. The van der Waals surface area contributed by atoms with Gasteiger partial charge >= 0.3 is 6.18 Å². The van der Waals surface area contributed by atoms with Gasteiger partial charge in [-0.15, -0.1) is 11.3 Å². The lowest BCUT2D eigenvalue weighted by Crippen LogP contribution is -2.58. The number of carbonyl (C=O) groups excluding carboxylic acids is 3. The van der Waals surface area contributed by atoms with Gasteiger partial charge < -0.3 is 39.6 Å². The quantitative estimate of drug-likeness (QED) is 0.0550. The van der Waals surface area contributed by atoms with Crippen LogP contribution in [0.15, 0.2) is 84.6 Å². The van der Waals surface area contributed by atoms with Gasteiger partial charge in [0.1, 0.15) is 31.0 Å². The van der Waals surface area contributed by atoms with Gasteiger partial charge in [0.25, 0.3) is 0 Å². The number of hydrogen-bond acceptors (Lipinski definition) is 12. The summed E-state index contributed by atoms with van der Waals surface area (Å²) in [6.45, 7) is 9.26. The van der Waals surface area contributed by atoms with Crippen molar-refractivity contribution in [3.05, 3.63) is 113 Å². The predicted octanol–water partition coefficient (Wildman–Crippen LogP) is 7.13.